The second-order valence-electron chi connectivity index (χ2n) is 3.42. The average Bonchev–Trinajstić information content (AvgIpc) is 2.30. The van der Waals surface area contributed by atoms with Gasteiger partial charge in [0.2, 0.25) is 0 Å². The van der Waals surface area contributed by atoms with Crippen molar-refractivity contribution in [1.82, 2.24) is 9.97 Å². The van der Waals surface area contributed by atoms with E-state index < -0.39 is 6.10 Å². The standard InChI is InChI=1S/C12H12N2O/c1-9-4-5-11(8-14-9)12(15)10-3-2-6-13-7-10/h2-8,12,15H,1H3. The Kier molecular flexibility index (Phi) is 2.74. The molecule has 1 atom stereocenters. The Morgan fingerprint density at radius 3 is 2.53 bits per heavy atom. The maximum atomic E-state index is 10.0. The molecule has 1 N–H and O–H groups in total. The smallest absolute Gasteiger partial charge is 0.107 e. The quantitative estimate of drug-likeness (QED) is 0.804. The minimum absolute atomic E-state index is 0.646. The molecule has 0 radical (unpaired) electrons. The van der Waals surface area contributed by atoms with Crippen LogP contribution in [0.25, 0.3) is 0 Å². The molecule has 0 aliphatic carbocycles. The first-order chi connectivity index (χ1) is 7.27. The number of rotatable bonds is 2. The van der Waals surface area contributed by atoms with E-state index in [9.17, 15) is 5.11 Å². The van der Waals surface area contributed by atoms with Crippen LogP contribution >= 0.6 is 0 Å². The van der Waals surface area contributed by atoms with Crippen LogP contribution in [-0.4, -0.2) is 15.1 Å². The van der Waals surface area contributed by atoms with Gasteiger partial charge in [0.05, 0.1) is 0 Å². The highest BCUT2D eigenvalue weighted by atomic mass is 16.3. The molecule has 0 amide bonds. The van der Waals surface area contributed by atoms with Crippen molar-refractivity contribution < 1.29 is 5.11 Å². The van der Waals surface area contributed by atoms with E-state index in [1.54, 1.807) is 24.7 Å². The van der Waals surface area contributed by atoms with Gasteiger partial charge in [-0.3, -0.25) is 9.97 Å². The van der Waals surface area contributed by atoms with Crippen LogP contribution in [0.2, 0.25) is 0 Å². The molecule has 76 valence electrons. The summed E-state index contributed by atoms with van der Waals surface area (Å²) in [6.45, 7) is 1.92. The lowest BCUT2D eigenvalue weighted by Crippen LogP contribution is -2.00. The highest BCUT2D eigenvalue weighted by Gasteiger charge is 2.09. The molecule has 1 unspecified atom stereocenters. The second kappa shape index (κ2) is 4.19. The fraction of sp³-hybridized carbons (Fsp3) is 0.167. The van der Waals surface area contributed by atoms with Gasteiger partial charge in [-0.15, -0.1) is 0 Å². The predicted molar refractivity (Wildman–Crippen MR) is 57.3 cm³/mol. The highest BCUT2D eigenvalue weighted by molar-refractivity contribution is 5.26. The van der Waals surface area contributed by atoms with Crippen LogP contribution in [0.4, 0.5) is 0 Å². The van der Waals surface area contributed by atoms with E-state index in [2.05, 4.69) is 9.97 Å². The molecule has 0 fully saturated rings. The van der Waals surface area contributed by atoms with Gasteiger partial charge in [-0.05, 0) is 19.1 Å². The number of hydrogen-bond donors (Lipinski definition) is 1. The molecule has 2 heterocycles. The molecule has 0 aliphatic rings. The third kappa shape index (κ3) is 2.19. The van der Waals surface area contributed by atoms with Gasteiger partial charge in [0.15, 0.2) is 0 Å². The van der Waals surface area contributed by atoms with Gasteiger partial charge in [0.25, 0.3) is 0 Å². The molecule has 0 saturated carbocycles. The van der Waals surface area contributed by atoms with Crippen LogP contribution in [0.3, 0.4) is 0 Å². The first-order valence-electron chi connectivity index (χ1n) is 4.78. The van der Waals surface area contributed by atoms with E-state index in [4.69, 9.17) is 0 Å². The molecule has 0 spiro atoms. The lowest BCUT2D eigenvalue weighted by atomic mass is 10.1. The monoisotopic (exact) mass is 200 g/mol. The Bertz CT molecular complexity index is 425. The van der Waals surface area contributed by atoms with Crippen molar-refractivity contribution in [3.63, 3.8) is 0 Å². The molecule has 2 aromatic heterocycles. The maximum absolute atomic E-state index is 10.0. The van der Waals surface area contributed by atoms with Crippen LogP contribution in [-0.2, 0) is 0 Å². The number of aryl methyl sites for hydroxylation is 1. The summed E-state index contributed by atoms with van der Waals surface area (Å²) in [5, 5.41) is 10.0. The number of nitrogens with zero attached hydrogens (tertiary/aromatic N) is 2. The number of pyridine rings is 2. The minimum atomic E-state index is -0.646. The third-order valence-electron chi connectivity index (χ3n) is 2.25. The zero-order chi connectivity index (χ0) is 10.7. The molecule has 0 bridgehead atoms. The van der Waals surface area contributed by atoms with Gasteiger partial charge in [0.1, 0.15) is 6.10 Å². The highest BCUT2D eigenvalue weighted by Crippen LogP contribution is 2.19. The molecule has 0 saturated heterocycles. The molecule has 2 aromatic rings. The Morgan fingerprint density at radius 2 is 1.93 bits per heavy atom. The van der Waals surface area contributed by atoms with Crippen LogP contribution in [0.5, 0.6) is 0 Å². The molecule has 3 heteroatoms. The fourth-order valence-corrected chi connectivity index (χ4v) is 1.37. The number of hydrogen-bond acceptors (Lipinski definition) is 3. The Morgan fingerprint density at radius 1 is 1.13 bits per heavy atom. The molecule has 3 nitrogen and oxygen atoms in total. The summed E-state index contributed by atoms with van der Waals surface area (Å²) in [5.74, 6) is 0. The Hall–Kier alpha value is -1.74. The molecule has 0 aliphatic heterocycles. The van der Waals surface area contributed by atoms with Crippen LogP contribution in [0, 0.1) is 6.92 Å². The van der Waals surface area contributed by atoms with Gasteiger partial charge in [-0.25, -0.2) is 0 Å². The molecule has 2 rings (SSSR count). The Balaban J connectivity index is 2.29. The van der Waals surface area contributed by atoms with Gasteiger partial charge in [-0.2, -0.15) is 0 Å². The largest absolute Gasteiger partial charge is 0.384 e. The van der Waals surface area contributed by atoms with Crippen LogP contribution in [0.1, 0.15) is 22.9 Å². The van der Waals surface area contributed by atoms with Gasteiger partial charge >= 0.3 is 0 Å². The first-order valence-corrected chi connectivity index (χ1v) is 4.78. The molecule has 0 aromatic carbocycles. The lowest BCUT2D eigenvalue weighted by Gasteiger charge is -2.10. The molecular weight excluding hydrogens is 188 g/mol. The fourth-order valence-electron chi connectivity index (χ4n) is 1.37. The molecular formula is C12H12N2O. The van der Waals surface area contributed by atoms with E-state index >= 15 is 0 Å². The lowest BCUT2D eigenvalue weighted by molar-refractivity contribution is 0.219. The van der Waals surface area contributed by atoms with Gasteiger partial charge in [0, 0.05) is 35.4 Å². The van der Waals surface area contributed by atoms with E-state index in [0.717, 1.165) is 16.8 Å². The normalized spacial score (nSPS) is 12.4. The van der Waals surface area contributed by atoms with Crippen LogP contribution < -0.4 is 0 Å². The summed E-state index contributed by atoms with van der Waals surface area (Å²) in [4.78, 5) is 8.11. The van der Waals surface area contributed by atoms with Crippen molar-refractivity contribution in [2.24, 2.45) is 0 Å². The van der Waals surface area contributed by atoms with Crippen molar-refractivity contribution in [3.05, 3.63) is 59.7 Å². The summed E-state index contributed by atoms with van der Waals surface area (Å²) < 4.78 is 0. The predicted octanol–water partition coefficient (Wildman–Crippen LogP) is 1.87. The zero-order valence-corrected chi connectivity index (χ0v) is 8.46. The topological polar surface area (TPSA) is 46.0 Å². The van der Waals surface area contributed by atoms with E-state index in [1.807, 2.05) is 25.1 Å². The van der Waals surface area contributed by atoms with Gasteiger partial charge in [-0.1, -0.05) is 12.1 Å². The van der Waals surface area contributed by atoms with Crippen LogP contribution in [0.15, 0.2) is 42.9 Å². The van der Waals surface area contributed by atoms with Crippen molar-refractivity contribution >= 4 is 0 Å². The summed E-state index contributed by atoms with van der Waals surface area (Å²) >= 11 is 0. The SMILES string of the molecule is Cc1ccc(C(O)c2cccnc2)cn1. The van der Waals surface area contributed by atoms with E-state index in [-0.39, 0.29) is 0 Å². The number of aliphatic hydroxyl groups excluding tert-OH is 1. The Labute approximate surface area is 88.5 Å². The number of aromatic nitrogens is 2. The maximum Gasteiger partial charge on any atom is 0.107 e. The van der Waals surface area contributed by atoms with Crippen molar-refractivity contribution in [3.8, 4) is 0 Å². The minimum Gasteiger partial charge on any atom is -0.384 e. The van der Waals surface area contributed by atoms with Crippen molar-refractivity contribution in [1.29, 1.82) is 0 Å². The van der Waals surface area contributed by atoms with Crippen molar-refractivity contribution in [2.45, 2.75) is 13.0 Å². The summed E-state index contributed by atoms with van der Waals surface area (Å²) in [6, 6.07) is 7.41. The average molecular weight is 200 g/mol. The zero-order valence-electron chi connectivity index (χ0n) is 8.46. The van der Waals surface area contributed by atoms with Gasteiger partial charge < -0.3 is 5.11 Å². The second-order valence-corrected chi connectivity index (χ2v) is 3.42. The summed E-state index contributed by atoms with van der Waals surface area (Å²) in [5.41, 5.74) is 2.51. The third-order valence-corrected chi connectivity index (χ3v) is 2.25. The van der Waals surface area contributed by atoms with E-state index in [0.29, 0.717) is 0 Å². The molecule has 15 heavy (non-hydrogen) atoms. The summed E-state index contributed by atoms with van der Waals surface area (Å²) in [7, 11) is 0. The number of aliphatic hydroxyl groups is 1. The summed E-state index contributed by atoms with van der Waals surface area (Å²) in [6.07, 6.45) is 4.38. The van der Waals surface area contributed by atoms with Crippen molar-refractivity contribution in [2.75, 3.05) is 0 Å². The first kappa shape index (κ1) is 9.80. The van der Waals surface area contributed by atoms with E-state index in [1.165, 1.54) is 0 Å².